The van der Waals surface area contributed by atoms with Gasteiger partial charge in [0.2, 0.25) is 0 Å². The van der Waals surface area contributed by atoms with Gasteiger partial charge in [0.25, 0.3) is 0 Å². The molecule has 0 fully saturated rings. The number of aromatic nitrogens is 2. The van der Waals surface area contributed by atoms with Gasteiger partial charge in [-0.15, -0.1) is 0 Å². The van der Waals surface area contributed by atoms with Crippen molar-refractivity contribution in [1.29, 1.82) is 0 Å². The molecule has 0 N–H and O–H groups in total. The molecule has 0 bridgehead atoms. The van der Waals surface area contributed by atoms with Gasteiger partial charge < -0.3 is 4.74 Å². The number of imidazole rings is 1. The summed E-state index contributed by atoms with van der Waals surface area (Å²) in [5.74, 6) is -0.828. The van der Waals surface area contributed by atoms with Crippen LogP contribution in [0.15, 0.2) is 58.3 Å². The summed E-state index contributed by atoms with van der Waals surface area (Å²) in [5, 5.41) is 0. The average molecular weight is 456 g/mol. The summed E-state index contributed by atoms with van der Waals surface area (Å²) in [6.45, 7) is 3.99. The normalized spacial score (nSPS) is 15.2. The predicted molar refractivity (Wildman–Crippen MR) is 112 cm³/mol. The molecular weight excluding hydrogens is 437 g/mol. The van der Waals surface area contributed by atoms with Crippen molar-refractivity contribution in [2.45, 2.75) is 26.3 Å². The third kappa shape index (κ3) is 3.40. The zero-order valence-corrected chi connectivity index (χ0v) is 17.6. The van der Waals surface area contributed by atoms with Crippen molar-refractivity contribution in [2.75, 3.05) is 6.61 Å². The van der Waals surface area contributed by atoms with Crippen LogP contribution in [-0.4, -0.2) is 27.8 Å². The molecule has 1 atom stereocenters. The van der Waals surface area contributed by atoms with Gasteiger partial charge in [0.05, 0.1) is 29.7 Å². The van der Waals surface area contributed by atoms with Crippen LogP contribution in [-0.2, 0) is 4.74 Å². The van der Waals surface area contributed by atoms with Crippen LogP contribution in [0, 0.1) is 5.82 Å². The zero-order valence-electron chi connectivity index (χ0n) is 16.0. The molecule has 4 rings (SSSR count). The van der Waals surface area contributed by atoms with E-state index in [1.165, 1.54) is 6.07 Å². The van der Waals surface area contributed by atoms with Crippen LogP contribution >= 0.6 is 15.9 Å². The highest BCUT2D eigenvalue weighted by molar-refractivity contribution is 9.10. The lowest BCUT2D eigenvalue weighted by Crippen LogP contribution is -2.12. The van der Waals surface area contributed by atoms with Crippen molar-refractivity contribution in [3.8, 4) is 5.69 Å². The lowest BCUT2D eigenvalue weighted by molar-refractivity contribution is 0.0518. The van der Waals surface area contributed by atoms with Crippen molar-refractivity contribution in [3.05, 3.63) is 81.6 Å². The van der Waals surface area contributed by atoms with E-state index in [4.69, 9.17) is 9.73 Å². The number of hydrogen-bond donors (Lipinski definition) is 0. The molecule has 148 valence electrons. The molecule has 2 aromatic carbocycles. The van der Waals surface area contributed by atoms with Gasteiger partial charge in [-0.3, -0.25) is 9.56 Å². The largest absolute Gasteiger partial charge is 0.461 e. The Morgan fingerprint density at radius 1 is 1.21 bits per heavy atom. The molecular formula is C22H19BrFN3O2. The summed E-state index contributed by atoms with van der Waals surface area (Å²) < 4.78 is 22.6. The third-order valence-corrected chi connectivity index (χ3v) is 5.36. The van der Waals surface area contributed by atoms with Gasteiger partial charge in [0.15, 0.2) is 5.69 Å². The molecule has 5 nitrogen and oxygen atoms in total. The smallest absolute Gasteiger partial charge is 0.358 e. The monoisotopic (exact) mass is 455 g/mol. The number of fused-ring (bicyclic) bond motifs is 3. The second kappa shape index (κ2) is 7.91. The Kier molecular flexibility index (Phi) is 5.32. The number of esters is 1. The lowest BCUT2D eigenvalue weighted by atomic mass is 10.00. The number of rotatable bonds is 4. The van der Waals surface area contributed by atoms with Crippen molar-refractivity contribution in [1.82, 2.24) is 9.55 Å². The first kappa shape index (κ1) is 19.5. The molecule has 0 spiro atoms. The Balaban J connectivity index is 2.02. The SMILES string of the molecule is CCOC(=O)c1ncn2c1[C@H](CC)N=C(c1ccccc1F)c1cc(Br)ccc1-2. The number of carbonyl (C=O) groups excluding carboxylic acids is 1. The van der Waals surface area contributed by atoms with Crippen LogP contribution in [0.5, 0.6) is 0 Å². The van der Waals surface area contributed by atoms with Gasteiger partial charge in [-0.1, -0.05) is 35.0 Å². The first-order valence-electron chi connectivity index (χ1n) is 9.42. The van der Waals surface area contributed by atoms with E-state index >= 15 is 0 Å². The molecule has 0 radical (unpaired) electrons. The number of aliphatic imine (C=N–C) groups is 1. The van der Waals surface area contributed by atoms with Crippen LogP contribution in [0.4, 0.5) is 4.39 Å². The Hall–Kier alpha value is -2.80. The minimum atomic E-state index is -0.483. The fourth-order valence-corrected chi connectivity index (χ4v) is 3.93. The summed E-state index contributed by atoms with van der Waals surface area (Å²) in [6, 6.07) is 11.9. The molecule has 1 aliphatic rings. The summed E-state index contributed by atoms with van der Waals surface area (Å²) >= 11 is 3.51. The molecule has 1 aromatic heterocycles. The fourth-order valence-electron chi connectivity index (χ4n) is 3.57. The fraction of sp³-hybridized carbons (Fsp3) is 0.227. The predicted octanol–water partition coefficient (Wildman–Crippen LogP) is 5.25. The first-order valence-corrected chi connectivity index (χ1v) is 10.2. The van der Waals surface area contributed by atoms with E-state index in [1.807, 2.05) is 29.7 Å². The van der Waals surface area contributed by atoms with Crippen LogP contribution in [0.2, 0.25) is 0 Å². The van der Waals surface area contributed by atoms with Gasteiger partial charge in [-0.2, -0.15) is 0 Å². The standard InChI is InChI=1S/C22H19BrFN3O2/c1-3-17-21-20(22(28)29-4-2)25-12-27(21)18-10-9-13(23)11-15(18)19(26-17)14-7-5-6-8-16(14)24/h5-12,17H,3-4H2,1-2H3/t17-/m0/s1. The highest BCUT2D eigenvalue weighted by Gasteiger charge is 2.31. The van der Waals surface area contributed by atoms with Gasteiger partial charge in [-0.25, -0.2) is 14.2 Å². The number of ether oxygens (including phenoxy) is 1. The summed E-state index contributed by atoms with van der Waals surface area (Å²) in [7, 11) is 0. The highest BCUT2D eigenvalue weighted by Crippen LogP contribution is 2.35. The maximum atomic E-state index is 14.7. The minimum Gasteiger partial charge on any atom is -0.461 e. The van der Waals surface area contributed by atoms with Crippen molar-refractivity contribution >= 4 is 27.6 Å². The van der Waals surface area contributed by atoms with E-state index in [1.54, 1.807) is 31.5 Å². The first-order chi connectivity index (χ1) is 14.0. The van der Waals surface area contributed by atoms with Crippen molar-refractivity contribution in [2.24, 2.45) is 4.99 Å². The summed E-state index contributed by atoms with van der Waals surface area (Å²) in [5.41, 5.74) is 3.40. The number of carbonyl (C=O) groups is 1. The third-order valence-electron chi connectivity index (χ3n) is 4.86. The number of hydrogen-bond acceptors (Lipinski definition) is 4. The summed E-state index contributed by atoms with van der Waals surface area (Å²) in [6.07, 6.45) is 2.22. The Bertz CT molecular complexity index is 1120. The van der Waals surface area contributed by atoms with Gasteiger partial charge in [-0.05, 0) is 43.7 Å². The van der Waals surface area contributed by atoms with E-state index in [0.29, 0.717) is 23.4 Å². The van der Waals surface area contributed by atoms with E-state index in [0.717, 1.165) is 15.7 Å². The van der Waals surface area contributed by atoms with Crippen LogP contribution in [0.25, 0.3) is 5.69 Å². The number of nitrogens with zero attached hydrogens (tertiary/aromatic N) is 3. The number of benzene rings is 2. The molecule has 0 unspecified atom stereocenters. The zero-order chi connectivity index (χ0) is 20.5. The second-order valence-electron chi connectivity index (χ2n) is 6.61. The quantitative estimate of drug-likeness (QED) is 0.504. The molecule has 1 aliphatic heterocycles. The number of halogens is 2. The molecule has 0 saturated heterocycles. The molecule has 0 saturated carbocycles. The van der Waals surface area contributed by atoms with Crippen LogP contribution in [0.1, 0.15) is 53.6 Å². The Morgan fingerprint density at radius 3 is 2.72 bits per heavy atom. The highest BCUT2D eigenvalue weighted by atomic mass is 79.9. The molecule has 3 aromatic rings. The molecule has 0 amide bonds. The summed E-state index contributed by atoms with van der Waals surface area (Å²) in [4.78, 5) is 21.7. The van der Waals surface area contributed by atoms with Gasteiger partial charge in [0, 0.05) is 15.6 Å². The maximum absolute atomic E-state index is 14.7. The van der Waals surface area contributed by atoms with E-state index in [9.17, 15) is 9.18 Å². The van der Waals surface area contributed by atoms with Crippen LogP contribution < -0.4 is 0 Å². The molecule has 7 heteroatoms. The molecule has 2 heterocycles. The van der Waals surface area contributed by atoms with E-state index in [-0.39, 0.29) is 24.2 Å². The second-order valence-corrected chi connectivity index (χ2v) is 7.53. The van der Waals surface area contributed by atoms with Crippen LogP contribution in [0.3, 0.4) is 0 Å². The average Bonchev–Trinajstić information content (AvgIpc) is 3.09. The van der Waals surface area contributed by atoms with Gasteiger partial charge >= 0.3 is 5.97 Å². The minimum absolute atomic E-state index is 0.242. The Labute approximate surface area is 176 Å². The Morgan fingerprint density at radius 2 is 2.00 bits per heavy atom. The molecule has 0 aliphatic carbocycles. The van der Waals surface area contributed by atoms with E-state index < -0.39 is 5.97 Å². The van der Waals surface area contributed by atoms with Gasteiger partial charge in [0.1, 0.15) is 12.1 Å². The topological polar surface area (TPSA) is 56.5 Å². The van der Waals surface area contributed by atoms with Crippen molar-refractivity contribution < 1.29 is 13.9 Å². The maximum Gasteiger partial charge on any atom is 0.358 e. The molecule has 29 heavy (non-hydrogen) atoms. The lowest BCUT2D eigenvalue weighted by Gasteiger charge is -2.13. The van der Waals surface area contributed by atoms with E-state index in [2.05, 4.69) is 20.9 Å². The van der Waals surface area contributed by atoms with Crippen molar-refractivity contribution in [3.63, 3.8) is 0 Å².